The summed E-state index contributed by atoms with van der Waals surface area (Å²) in [5, 5.41) is 2.91. The fourth-order valence-corrected chi connectivity index (χ4v) is 3.24. The largest absolute Gasteiger partial charge is 0.491 e. The van der Waals surface area contributed by atoms with Crippen molar-refractivity contribution in [3.05, 3.63) is 59.2 Å². The summed E-state index contributed by atoms with van der Waals surface area (Å²) in [4.78, 5) is 12.1. The lowest BCUT2D eigenvalue weighted by Crippen LogP contribution is -2.39. The molecule has 2 aromatic carbocycles. The summed E-state index contributed by atoms with van der Waals surface area (Å²) in [7, 11) is 0. The van der Waals surface area contributed by atoms with Gasteiger partial charge in [0.05, 0.1) is 6.04 Å². The Bertz CT molecular complexity index is 757. The molecule has 1 amide bonds. The molecular formula is C22H27NO3. The Morgan fingerprint density at radius 1 is 1.08 bits per heavy atom. The van der Waals surface area contributed by atoms with Gasteiger partial charge in [0.15, 0.2) is 6.61 Å². The smallest absolute Gasteiger partial charge is 0.258 e. The lowest BCUT2D eigenvalue weighted by atomic mass is 9.92. The number of ether oxygens (including phenoxy) is 2. The molecule has 4 nitrogen and oxygen atoms in total. The number of fused-ring (bicyclic) bond motifs is 1. The van der Waals surface area contributed by atoms with E-state index in [1.54, 1.807) is 0 Å². The van der Waals surface area contributed by atoms with Crippen molar-refractivity contribution < 1.29 is 14.3 Å². The molecule has 0 aromatic heterocycles. The molecule has 0 saturated heterocycles. The number of nitrogens with one attached hydrogen (secondary N) is 1. The number of carbonyl (C=O) groups excluding carboxylic acids is 1. The highest BCUT2D eigenvalue weighted by atomic mass is 16.5. The van der Waals surface area contributed by atoms with Gasteiger partial charge in [-0.25, -0.2) is 0 Å². The SMILES string of the molecule is Cc1ccccc1OC[C@@H](C)NC(=O)COc1ccc2c(c1)CCCC2. The summed E-state index contributed by atoms with van der Waals surface area (Å²) in [6.45, 7) is 4.38. The van der Waals surface area contributed by atoms with Gasteiger partial charge in [-0.1, -0.05) is 24.3 Å². The first-order valence-electron chi connectivity index (χ1n) is 9.34. The molecule has 0 saturated carbocycles. The number of amides is 1. The van der Waals surface area contributed by atoms with E-state index in [1.165, 1.54) is 24.0 Å². The van der Waals surface area contributed by atoms with Crippen molar-refractivity contribution in [3.63, 3.8) is 0 Å². The Hall–Kier alpha value is -2.49. The molecule has 0 aliphatic heterocycles. The average Bonchev–Trinajstić information content (AvgIpc) is 2.65. The molecule has 1 aliphatic carbocycles. The molecule has 4 heteroatoms. The maximum Gasteiger partial charge on any atom is 0.258 e. The standard InChI is InChI=1S/C22H27NO3/c1-16-7-3-6-10-21(16)26-14-17(2)23-22(24)15-25-20-12-11-18-8-4-5-9-19(18)13-20/h3,6-7,10-13,17H,4-5,8-9,14-15H2,1-2H3,(H,23,24)/t17-/m1/s1. The molecule has 2 aromatic rings. The van der Waals surface area contributed by atoms with Gasteiger partial charge in [-0.15, -0.1) is 0 Å². The molecule has 1 N–H and O–H groups in total. The molecule has 0 radical (unpaired) electrons. The van der Waals surface area contributed by atoms with Crippen LogP contribution >= 0.6 is 0 Å². The fourth-order valence-electron chi connectivity index (χ4n) is 3.24. The fraction of sp³-hybridized carbons (Fsp3) is 0.409. The number of rotatable bonds is 7. The van der Waals surface area contributed by atoms with E-state index in [0.29, 0.717) is 6.61 Å². The molecular weight excluding hydrogens is 326 g/mol. The quantitative estimate of drug-likeness (QED) is 0.823. The predicted molar refractivity (Wildman–Crippen MR) is 103 cm³/mol. The second-order valence-corrected chi connectivity index (χ2v) is 6.97. The highest BCUT2D eigenvalue weighted by Crippen LogP contribution is 2.25. The van der Waals surface area contributed by atoms with Crippen LogP contribution in [0, 0.1) is 6.92 Å². The zero-order valence-electron chi connectivity index (χ0n) is 15.6. The van der Waals surface area contributed by atoms with E-state index in [0.717, 1.165) is 29.9 Å². The van der Waals surface area contributed by atoms with Gasteiger partial charge in [0.2, 0.25) is 0 Å². The van der Waals surface area contributed by atoms with Crippen molar-refractivity contribution >= 4 is 5.91 Å². The minimum absolute atomic E-state index is 0.0213. The van der Waals surface area contributed by atoms with E-state index in [2.05, 4.69) is 17.4 Å². The van der Waals surface area contributed by atoms with Crippen LogP contribution < -0.4 is 14.8 Å². The van der Waals surface area contributed by atoms with Gasteiger partial charge in [-0.3, -0.25) is 4.79 Å². The Morgan fingerprint density at radius 3 is 2.65 bits per heavy atom. The molecule has 138 valence electrons. The lowest BCUT2D eigenvalue weighted by Gasteiger charge is -2.18. The number of hydrogen-bond donors (Lipinski definition) is 1. The summed E-state index contributed by atoms with van der Waals surface area (Å²) >= 11 is 0. The van der Waals surface area contributed by atoms with Gasteiger partial charge in [0, 0.05) is 0 Å². The summed E-state index contributed by atoms with van der Waals surface area (Å²) in [6, 6.07) is 13.9. The van der Waals surface area contributed by atoms with E-state index in [-0.39, 0.29) is 18.6 Å². The minimum atomic E-state index is -0.136. The van der Waals surface area contributed by atoms with Crippen molar-refractivity contribution in [1.82, 2.24) is 5.32 Å². The summed E-state index contributed by atoms with van der Waals surface area (Å²) in [5.74, 6) is 1.48. The van der Waals surface area contributed by atoms with Crippen LogP contribution in [0.4, 0.5) is 0 Å². The first-order valence-corrected chi connectivity index (χ1v) is 9.34. The van der Waals surface area contributed by atoms with Gasteiger partial charge in [-0.05, 0) is 74.4 Å². The molecule has 3 rings (SSSR count). The van der Waals surface area contributed by atoms with E-state index in [9.17, 15) is 4.79 Å². The van der Waals surface area contributed by atoms with Crippen molar-refractivity contribution in [2.45, 2.75) is 45.6 Å². The first-order chi connectivity index (χ1) is 12.6. The van der Waals surface area contributed by atoms with Crippen LogP contribution in [0.5, 0.6) is 11.5 Å². The molecule has 0 unspecified atom stereocenters. The number of hydrogen-bond acceptors (Lipinski definition) is 3. The van der Waals surface area contributed by atoms with Crippen molar-refractivity contribution in [2.24, 2.45) is 0 Å². The number of para-hydroxylation sites is 1. The molecule has 26 heavy (non-hydrogen) atoms. The third kappa shape index (κ3) is 5.01. The van der Waals surface area contributed by atoms with Gasteiger partial charge in [-0.2, -0.15) is 0 Å². The van der Waals surface area contributed by atoms with Crippen LogP contribution in [0.15, 0.2) is 42.5 Å². The van der Waals surface area contributed by atoms with E-state index >= 15 is 0 Å². The van der Waals surface area contributed by atoms with Crippen LogP contribution in [-0.4, -0.2) is 25.2 Å². The van der Waals surface area contributed by atoms with Gasteiger partial charge in [0.25, 0.3) is 5.91 Å². The molecule has 0 spiro atoms. The second-order valence-electron chi connectivity index (χ2n) is 6.97. The maximum atomic E-state index is 12.1. The lowest BCUT2D eigenvalue weighted by molar-refractivity contribution is -0.123. The minimum Gasteiger partial charge on any atom is -0.491 e. The zero-order chi connectivity index (χ0) is 18.4. The number of carbonyl (C=O) groups is 1. The highest BCUT2D eigenvalue weighted by molar-refractivity contribution is 5.77. The number of benzene rings is 2. The Kier molecular flexibility index (Phi) is 6.16. The third-order valence-corrected chi connectivity index (χ3v) is 4.68. The van der Waals surface area contributed by atoms with E-state index in [1.807, 2.05) is 44.2 Å². The third-order valence-electron chi connectivity index (χ3n) is 4.68. The first kappa shape index (κ1) is 18.3. The average molecular weight is 353 g/mol. The van der Waals surface area contributed by atoms with E-state index < -0.39 is 0 Å². The van der Waals surface area contributed by atoms with Crippen LogP contribution in [0.3, 0.4) is 0 Å². The van der Waals surface area contributed by atoms with Crippen LogP contribution in [0.1, 0.15) is 36.5 Å². The van der Waals surface area contributed by atoms with Crippen molar-refractivity contribution in [1.29, 1.82) is 0 Å². The van der Waals surface area contributed by atoms with Gasteiger partial charge < -0.3 is 14.8 Å². The van der Waals surface area contributed by atoms with Crippen molar-refractivity contribution in [2.75, 3.05) is 13.2 Å². The van der Waals surface area contributed by atoms with Crippen LogP contribution in [0.2, 0.25) is 0 Å². The van der Waals surface area contributed by atoms with Gasteiger partial charge >= 0.3 is 0 Å². The molecule has 0 fully saturated rings. The zero-order valence-corrected chi connectivity index (χ0v) is 15.6. The second kappa shape index (κ2) is 8.75. The molecule has 0 bridgehead atoms. The van der Waals surface area contributed by atoms with Gasteiger partial charge in [0.1, 0.15) is 18.1 Å². The highest BCUT2D eigenvalue weighted by Gasteiger charge is 2.12. The predicted octanol–water partition coefficient (Wildman–Crippen LogP) is 3.84. The number of aryl methyl sites for hydroxylation is 3. The summed E-state index contributed by atoms with van der Waals surface area (Å²) in [6.07, 6.45) is 4.74. The molecule has 0 heterocycles. The molecule has 1 atom stereocenters. The Morgan fingerprint density at radius 2 is 1.85 bits per heavy atom. The maximum absolute atomic E-state index is 12.1. The van der Waals surface area contributed by atoms with Crippen molar-refractivity contribution in [3.8, 4) is 11.5 Å². The Labute approximate surface area is 155 Å². The van der Waals surface area contributed by atoms with Crippen LogP contribution in [-0.2, 0) is 17.6 Å². The summed E-state index contributed by atoms with van der Waals surface area (Å²) in [5.41, 5.74) is 3.85. The molecule has 1 aliphatic rings. The monoisotopic (exact) mass is 353 g/mol. The summed E-state index contributed by atoms with van der Waals surface area (Å²) < 4.78 is 11.4. The normalized spacial score (nSPS) is 14.2. The van der Waals surface area contributed by atoms with Crippen LogP contribution in [0.25, 0.3) is 0 Å². The topological polar surface area (TPSA) is 47.6 Å². The van der Waals surface area contributed by atoms with E-state index in [4.69, 9.17) is 9.47 Å². The Balaban J connectivity index is 1.43.